The summed E-state index contributed by atoms with van der Waals surface area (Å²) in [6.07, 6.45) is 0.375. The predicted molar refractivity (Wildman–Crippen MR) is 123 cm³/mol. The number of nitrogens with one attached hydrogen (secondary N) is 2. The van der Waals surface area contributed by atoms with E-state index in [4.69, 9.17) is 49.6 Å². The molecule has 176 valence electrons. The molecule has 0 radical (unpaired) electrons. The summed E-state index contributed by atoms with van der Waals surface area (Å²) >= 11 is 17.2. The fourth-order valence-corrected chi connectivity index (χ4v) is 3.67. The molecular formula is C20H25Cl2N3O6S. The van der Waals surface area contributed by atoms with Crippen LogP contribution in [0, 0.1) is 0 Å². The number of halogens is 2. The SMILES string of the molecule is COCCOC(=O)CC1C(=O)NCCN1C(=S)NC(=O)CCCOc1ccc(Cl)cc1Cl. The Morgan fingerprint density at radius 1 is 1.28 bits per heavy atom. The molecule has 1 fully saturated rings. The molecule has 1 unspecified atom stereocenters. The van der Waals surface area contributed by atoms with Crippen LogP contribution in [0.1, 0.15) is 19.3 Å². The molecule has 1 atom stereocenters. The molecule has 1 aliphatic heterocycles. The topological polar surface area (TPSA) is 106 Å². The maximum atomic E-state index is 12.3. The number of piperazine rings is 1. The summed E-state index contributed by atoms with van der Waals surface area (Å²) in [4.78, 5) is 38.1. The second-order valence-corrected chi connectivity index (χ2v) is 8.03. The molecule has 32 heavy (non-hydrogen) atoms. The van der Waals surface area contributed by atoms with Gasteiger partial charge in [-0.05, 0) is 36.8 Å². The number of hydrogen-bond acceptors (Lipinski definition) is 7. The van der Waals surface area contributed by atoms with Crippen LogP contribution in [0.5, 0.6) is 5.75 Å². The molecule has 2 N–H and O–H groups in total. The number of esters is 1. The van der Waals surface area contributed by atoms with Crippen LogP contribution in [-0.4, -0.2) is 73.9 Å². The number of rotatable bonds is 10. The van der Waals surface area contributed by atoms with Gasteiger partial charge in [-0.15, -0.1) is 0 Å². The van der Waals surface area contributed by atoms with Crippen molar-refractivity contribution >= 4 is 58.3 Å². The minimum absolute atomic E-state index is 0.0844. The van der Waals surface area contributed by atoms with E-state index < -0.39 is 12.0 Å². The highest BCUT2D eigenvalue weighted by atomic mass is 35.5. The minimum Gasteiger partial charge on any atom is -0.492 e. The number of benzene rings is 1. The lowest BCUT2D eigenvalue weighted by molar-refractivity contribution is -0.148. The zero-order valence-electron chi connectivity index (χ0n) is 17.5. The molecule has 1 aliphatic rings. The second-order valence-electron chi connectivity index (χ2n) is 6.80. The first-order chi connectivity index (χ1) is 15.3. The van der Waals surface area contributed by atoms with Crippen molar-refractivity contribution < 1.29 is 28.6 Å². The van der Waals surface area contributed by atoms with Crippen molar-refractivity contribution in [3.63, 3.8) is 0 Å². The molecule has 0 aliphatic carbocycles. The molecule has 1 saturated heterocycles. The lowest BCUT2D eigenvalue weighted by atomic mass is 10.1. The van der Waals surface area contributed by atoms with E-state index in [0.29, 0.717) is 35.3 Å². The lowest BCUT2D eigenvalue weighted by Crippen LogP contribution is -2.60. The van der Waals surface area contributed by atoms with Gasteiger partial charge in [0.1, 0.15) is 18.4 Å². The van der Waals surface area contributed by atoms with Crippen LogP contribution in [0.4, 0.5) is 0 Å². The summed E-state index contributed by atoms with van der Waals surface area (Å²) in [6, 6.07) is 4.03. The summed E-state index contributed by atoms with van der Waals surface area (Å²) in [5.74, 6) is -0.759. The second kappa shape index (κ2) is 13.4. The van der Waals surface area contributed by atoms with Gasteiger partial charge < -0.3 is 29.7 Å². The molecule has 12 heteroatoms. The Kier molecular flexibility index (Phi) is 10.9. The molecule has 0 aromatic heterocycles. The first kappa shape index (κ1) is 26.1. The maximum Gasteiger partial charge on any atom is 0.308 e. The van der Waals surface area contributed by atoms with Gasteiger partial charge in [0.15, 0.2) is 5.11 Å². The fraction of sp³-hybridized carbons (Fsp3) is 0.500. The number of methoxy groups -OCH3 is 1. The number of ether oxygens (including phenoxy) is 3. The smallest absolute Gasteiger partial charge is 0.308 e. The highest BCUT2D eigenvalue weighted by Crippen LogP contribution is 2.27. The normalized spacial score (nSPS) is 15.7. The van der Waals surface area contributed by atoms with Crippen molar-refractivity contribution in [2.75, 3.05) is 40.0 Å². The van der Waals surface area contributed by atoms with Crippen LogP contribution in [0.25, 0.3) is 0 Å². The van der Waals surface area contributed by atoms with Gasteiger partial charge in [0.05, 0.1) is 24.7 Å². The van der Waals surface area contributed by atoms with Crippen LogP contribution in [0.2, 0.25) is 10.0 Å². The van der Waals surface area contributed by atoms with E-state index in [1.807, 2.05) is 0 Å². The third kappa shape index (κ3) is 8.42. The summed E-state index contributed by atoms with van der Waals surface area (Å²) < 4.78 is 15.4. The molecule has 0 bridgehead atoms. The zero-order chi connectivity index (χ0) is 23.5. The van der Waals surface area contributed by atoms with Gasteiger partial charge >= 0.3 is 5.97 Å². The standard InChI is InChI=1S/C20H25Cl2N3O6S/c1-29-9-10-31-18(27)12-15-19(28)23-6-7-25(15)20(32)24-17(26)3-2-8-30-16-5-4-13(21)11-14(16)22/h4-5,11,15H,2-3,6-10,12H2,1H3,(H,23,28)(H,24,26,32). The molecule has 0 spiro atoms. The third-order valence-electron chi connectivity index (χ3n) is 4.45. The molecule has 9 nitrogen and oxygen atoms in total. The third-order valence-corrected chi connectivity index (χ3v) is 5.32. The number of thiocarbonyl (C=S) groups is 1. The summed E-state index contributed by atoms with van der Waals surface area (Å²) in [5.41, 5.74) is 0. The van der Waals surface area contributed by atoms with Crippen molar-refractivity contribution in [2.24, 2.45) is 0 Å². The van der Waals surface area contributed by atoms with Gasteiger partial charge in [-0.2, -0.15) is 0 Å². The number of hydrogen-bond donors (Lipinski definition) is 2. The van der Waals surface area contributed by atoms with E-state index in [9.17, 15) is 14.4 Å². The van der Waals surface area contributed by atoms with Gasteiger partial charge in [-0.25, -0.2) is 0 Å². The van der Waals surface area contributed by atoms with Crippen LogP contribution >= 0.6 is 35.4 Å². The molecule has 2 amide bonds. The Labute approximate surface area is 201 Å². The van der Waals surface area contributed by atoms with E-state index in [1.54, 1.807) is 18.2 Å². The van der Waals surface area contributed by atoms with Crippen LogP contribution < -0.4 is 15.4 Å². The van der Waals surface area contributed by atoms with Gasteiger partial charge in [0, 0.05) is 31.6 Å². The lowest BCUT2D eigenvalue weighted by Gasteiger charge is -2.36. The molecule has 2 rings (SSSR count). The first-order valence-electron chi connectivity index (χ1n) is 9.92. The summed E-state index contributed by atoms with van der Waals surface area (Å²) in [6.45, 7) is 1.32. The van der Waals surface area contributed by atoms with Gasteiger partial charge in [-0.3, -0.25) is 14.4 Å². The number of nitrogens with zero attached hydrogens (tertiary/aromatic N) is 1. The molecule has 1 aromatic rings. The number of amides is 2. The Bertz CT molecular complexity index is 842. The average Bonchev–Trinajstić information content (AvgIpc) is 2.74. The predicted octanol–water partition coefficient (Wildman–Crippen LogP) is 1.93. The monoisotopic (exact) mass is 505 g/mol. The summed E-state index contributed by atoms with van der Waals surface area (Å²) in [7, 11) is 1.49. The van der Waals surface area contributed by atoms with Gasteiger partial charge in [-0.1, -0.05) is 23.2 Å². The van der Waals surface area contributed by atoms with E-state index in [-0.39, 0.29) is 49.6 Å². The maximum absolute atomic E-state index is 12.3. The highest BCUT2D eigenvalue weighted by Gasteiger charge is 2.34. The van der Waals surface area contributed by atoms with Crippen molar-refractivity contribution in [3.05, 3.63) is 28.2 Å². The minimum atomic E-state index is -0.859. The Morgan fingerprint density at radius 2 is 2.06 bits per heavy atom. The van der Waals surface area contributed by atoms with Crippen LogP contribution in [-0.2, 0) is 23.9 Å². The molecule has 1 aromatic carbocycles. The molecular weight excluding hydrogens is 481 g/mol. The fourth-order valence-electron chi connectivity index (χ4n) is 2.88. The van der Waals surface area contributed by atoms with Crippen molar-refractivity contribution in [3.8, 4) is 5.75 Å². The average molecular weight is 506 g/mol. The molecule has 0 saturated carbocycles. The van der Waals surface area contributed by atoms with Gasteiger partial charge in [0.25, 0.3) is 0 Å². The van der Waals surface area contributed by atoms with Crippen LogP contribution in [0.15, 0.2) is 18.2 Å². The van der Waals surface area contributed by atoms with Crippen molar-refractivity contribution in [2.45, 2.75) is 25.3 Å². The van der Waals surface area contributed by atoms with Crippen molar-refractivity contribution in [1.29, 1.82) is 0 Å². The quantitative estimate of drug-likeness (QED) is 0.282. The first-order valence-corrected chi connectivity index (χ1v) is 11.1. The number of carbonyl (C=O) groups excluding carboxylic acids is 3. The molecule has 1 heterocycles. The van der Waals surface area contributed by atoms with Gasteiger partial charge in [0.2, 0.25) is 11.8 Å². The Hall–Kier alpha value is -2.14. The van der Waals surface area contributed by atoms with Crippen molar-refractivity contribution in [1.82, 2.24) is 15.5 Å². The van der Waals surface area contributed by atoms with Crippen LogP contribution in [0.3, 0.4) is 0 Å². The van der Waals surface area contributed by atoms with E-state index >= 15 is 0 Å². The van der Waals surface area contributed by atoms with E-state index in [0.717, 1.165) is 0 Å². The van der Waals surface area contributed by atoms with E-state index in [1.165, 1.54) is 12.0 Å². The largest absolute Gasteiger partial charge is 0.492 e. The Balaban J connectivity index is 1.79. The number of carbonyl (C=O) groups is 3. The van der Waals surface area contributed by atoms with E-state index in [2.05, 4.69) is 10.6 Å². The summed E-state index contributed by atoms with van der Waals surface area (Å²) in [5, 5.41) is 6.27. The highest BCUT2D eigenvalue weighted by molar-refractivity contribution is 7.80. The Morgan fingerprint density at radius 3 is 2.78 bits per heavy atom. The zero-order valence-corrected chi connectivity index (χ0v) is 19.9.